The van der Waals surface area contributed by atoms with Crippen LogP contribution in [-0.2, 0) is 0 Å². The van der Waals surface area contributed by atoms with Crippen LogP contribution in [0.4, 0.5) is 4.79 Å². The first-order valence-corrected chi connectivity index (χ1v) is 7.25. The molecule has 0 saturated carbocycles. The van der Waals surface area contributed by atoms with Crippen LogP contribution in [0.5, 0.6) is 0 Å². The smallest absolute Gasteiger partial charge is 0.317 e. The van der Waals surface area contributed by atoms with Crippen LogP contribution in [0.3, 0.4) is 0 Å². The normalized spacial score (nSPS) is 22.2. The molecule has 0 aliphatic carbocycles. The van der Waals surface area contributed by atoms with Crippen molar-refractivity contribution in [1.82, 2.24) is 10.2 Å². The highest BCUT2D eigenvalue weighted by Crippen LogP contribution is 2.15. The molecule has 5 heteroatoms. The van der Waals surface area contributed by atoms with Crippen molar-refractivity contribution < 1.29 is 9.90 Å². The van der Waals surface area contributed by atoms with Crippen molar-refractivity contribution >= 4 is 17.8 Å². The number of hydrogen-bond donors (Lipinski definition) is 2. The molecule has 2 atom stereocenters. The Bertz CT molecular complexity index is 226. The van der Waals surface area contributed by atoms with Gasteiger partial charge in [0.1, 0.15) is 0 Å². The van der Waals surface area contributed by atoms with Crippen LogP contribution in [0, 0.1) is 5.92 Å². The van der Waals surface area contributed by atoms with Crippen LogP contribution < -0.4 is 5.32 Å². The van der Waals surface area contributed by atoms with Crippen molar-refractivity contribution in [2.24, 2.45) is 5.92 Å². The van der Waals surface area contributed by atoms with E-state index in [1.54, 1.807) is 11.8 Å². The molecule has 1 saturated heterocycles. The van der Waals surface area contributed by atoms with Crippen LogP contribution >= 0.6 is 11.8 Å². The summed E-state index contributed by atoms with van der Waals surface area (Å²) >= 11 is 1.75. The van der Waals surface area contributed by atoms with Crippen LogP contribution in [0.15, 0.2) is 0 Å². The molecular formula is C11H22N2O2S. The van der Waals surface area contributed by atoms with Gasteiger partial charge in [0.25, 0.3) is 0 Å². The number of nitrogens with zero attached hydrogens (tertiary/aromatic N) is 1. The van der Waals surface area contributed by atoms with Crippen LogP contribution in [0.2, 0.25) is 0 Å². The molecule has 0 aromatic heterocycles. The van der Waals surface area contributed by atoms with Gasteiger partial charge in [0.15, 0.2) is 0 Å². The summed E-state index contributed by atoms with van der Waals surface area (Å²) in [7, 11) is 0. The number of urea groups is 1. The van der Waals surface area contributed by atoms with Crippen LogP contribution in [0.25, 0.3) is 0 Å². The molecule has 1 aliphatic heterocycles. The Kier molecular flexibility index (Phi) is 5.98. The van der Waals surface area contributed by atoms with E-state index in [0.717, 1.165) is 25.1 Å². The molecule has 1 fully saturated rings. The van der Waals surface area contributed by atoms with Gasteiger partial charge in [-0.3, -0.25) is 0 Å². The molecule has 4 nitrogen and oxygen atoms in total. The topological polar surface area (TPSA) is 52.6 Å². The van der Waals surface area contributed by atoms with E-state index < -0.39 is 0 Å². The maximum atomic E-state index is 11.9. The fraction of sp³-hybridized carbons (Fsp3) is 0.909. The van der Waals surface area contributed by atoms with Gasteiger partial charge < -0.3 is 15.3 Å². The average molecular weight is 246 g/mol. The SMILES string of the molecule is CCC(CSC)NC(=O)N1CCC(CO)C1. The van der Waals surface area contributed by atoms with E-state index in [0.29, 0.717) is 6.54 Å². The third kappa shape index (κ3) is 3.87. The number of aliphatic hydroxyl groups is 1. The lowest BCUT2D eigenvalue weighted by molar-refractivity contribution is 0.195. The van der Waals surface area contributed by atoms with E-state index in [2.05, 4.69) is 12.2 Å². The third-order valence-corrected chi connectivity index (χ3v) is 3.76. The Balaban J connectivity index is 2.34. The number of aliphatic hydroxyl groups excluding tert-OH is 1. The highest BCUT2D eigenvalue weighted by atomic mass is 32.2. The number of carbonyl (C=O) groups excluding carboxylic acids is 1. The standard InChI is InChI=1S/C11H22N2O2S/c1-3-10(8-16-2)12-11(15)13-5-4-9(6-13)7-14/h9-10,14H,3-8H2,1-2H3,(H,12,15). The van der Waals surface area contributed by atoms with Crippen molar-refractivity contribution in [3.05, 3.63) is 0 Å². The Labute approximate surface area is 102 Å². The van der Waals surface area contributed by atoms with Crippen molar-refractivity contribution in [2.45, 2.75) is 25.8 Å². The summed E-state index contributed by atoms with van der Waals surface area (Å²) in [6.07, 6.45) is 3.93. The van der Waals surface area contributed by atoms with Gasteiger partial charge in [0.05, 0.1) is 0 Å². The number of rotatable bonds is 5. The van der Waals surface area contributed by atoms with Crippen molar-refractivity contribution in [3.63, 3.8) is 0 Å². The molecule has 2 N–H and O–H groups in total. The molecule has 2 unspecified atom stereocenters. The third-order valence-electron chi connectivity index (χ3n) is 3.02. The molecule has 0 bridgehead atoms. The fourth-order valence-corrected chi connectivity index (χ4v) is 2.62. The van der Waals surface area contributed by atoms with E-state index in [1.165, 1.54) is 0 Å². The van der Waals surface area contributed by atoms with E-state index in [4.69, 9.17) is 5.11 Å². The van der Waals surface area contributed by atoms with E-state index in [1.807, 2.05) is 11.2 Å². The summed E-state index contributed by atoms with van der Waals surface area (Å²) in [5, 5.41) is 12.1. The van der Waals surface area contributed by atoms with Gasteiger partial charge in [-0.1, -0.05) is 6.92 Å². The van der Waals surface area contributed by atoms with Gasteiger partial charge in [0.2, 0.25) is 0 Å². The predicted octanol–water partition coefficient (Wildman–Crippen LogP) is 1.15. The van der Waals surface area contributed by atoms with Gasteiger partial charge >= 0.3 is 6.03 Å². The van der Waals surface area contributed by atoms with Crippen LogP contribution in [0.1, 0.15) is 19.8 Å². The Morgan fingerprint density at radius 2 is 2.44 bits per heavy atom. The summed E-state index contributed by atoms with van der Waals surface area (Å²) in [5.74, 6) is 1.23. The highest BCUT2D eigenvalue weighted by molar-refractivity contribution is 7.98. The quantitative estimate of drug-likeness (QED) is 0.765. The summed E-state index contributed by atoms with van der Waals surface area (Å²) in [6.45, 7) is 3.73. The molecular weight excluding hydrogens is 224 g/mol. The van der Waals surface area contributed by atoms with Gasteiger partial charge in [0, 0.05) is 37.4 Å². The first-order valence-electron chi connectivity index (χ1n) is 5.86. The Morgan fingerprint density at radius 1 is 1.69 bits per heavy atom. The fourth-order valence-electron chi connectivity index (χ4n) is 1.89. The molecule has 0 aromatic rings. The predicted molar refractivity (Wildman–Crippen MR) is 67.8 cm³/mol. The molecule has 0 radical (unpaired) electrons. The summed E-state index contributed by atoms with van der Waals surface area (Å²) in [6, 6.07) is 0.285. The number of likely N-dealkylation sites (tertiary alicyclic amines) is 1. The molecule has 1 aliphatic rings. The number of hydrogen-bond acceptors (Lipinski definition) is 3. The van der Waals surface area contributed by atoms with Crippen LogP contribution in [-0.4, -0.2) is 53.8 Å². The summed E-state index contributed by atoms with van der Waals surface area (Å²) in [5.41, 5.74) is 0. The van der Waals surface area contributed by atoms with Gasteiger partial charge in [-0.15, -0.1) is 0 Å². The molecule has 94 valence electrons. The molecule has 0 aromatic carbocycles. The van der Waals surface area contributed by atoms with E-state index >= 15 is 0 Å². The second-order valence-electron chi connectivity index (χ2n) is 4.29. The molecule has 16 heavy (non-hydrogen) atoms. The van der Waals surface area contributed by atoms with Crippen molar-refractivity contribution in [3.8, 4) is 0 Å². The van der Waals surface area contributed by atoms with Crippen molar-refractivity contribution in [2.75, 3.05) is 31.7 Å². The zero-order chi connectivity index (χ0) is 12.0. The second-order valence-corrected chi connectivity index (χ2v) is 5.20. The largest absolute Gasteiger partial charge is 0.396 e. The first-order chi connectivity index (χ1) is 7.71. The average Bonchev–Trinajstić information content (AvgIpc) is 2.76. The molecule has 1 rings (SSSR count). The van der Waals surface area contributed by atoms with Gasteiger partial charge in [-0.05, 0) is 19.1 Å². The second kappa shape index (κ2) is 7.01. The summed E-state index contributed by atoms with van der Waals surface area (Å²) in [4.78, 5) is 13.7. The maximum absolute atomic E-state index is 11.9. The van der Waals surface area contributed by atoms with Gasteiger partial charge in [-0.25, -0.2) is 4.79 Å². The zero-order valence-corrected chi connectivity index (χ0v) is 10.9. The Morgan fingerprint density at radius 3 is 2.94 bits per heavy atom. The zero-order valence-electron chi connectivity index (χ0n) is 10.1. The van der Waals surface area contributed by atoms with E-state index in [-0.39, 0.29) is 24.6 Å². The lowest BCUT2D eigenvalue weighted by Crippen LogP contribution is -2.44. The number of carbonyl (C=O) groups is 1. The minimum atomic E-state index is 0.0249. The minimum absolute atomic E-state index is 0.0249. The summed E-state index contributed by atoms with van der Waals surface area (Å²) < 4.78 is 0. The minimum Gasteiger partial charge on any atom is -0.396 e. The lowest BCUT2D eigenvalue weighted by Gasteiger charge is -2.22. The number of thioether (sulfide) groups is 1. The highest BCUT2D eigenvalue weighted by Gasteiger charge is 2.26. The molecule has 1 heterocycles. The van der Waals surface area contributed by atoms with Gasteiger partial charge in [-0.2, -0.15) is 11.8 Å². The maximum Gasteiger partial charge on any atom is 0.317 e. The lowest BCUT2D eigenvalue weighted by atomic mass is 10.1. The number of amides is 2. The van der Waals surface area contributed by atoms with E-state index in [9.17, 15) is 4.79 Å². The molecule has 2 amide bonds. The number of nitrogens with one attached hydrogen (secondary N) is 1. The molecule has 0 spiro atoms. The first kappa shape index (κ1) is 13.6. The Hall–Kier alpha value is -0.420. The monoisotopic (exact) mass is 246 g/mol. The van der Waals surface area contributed by atoms with Crippen molar-refractivity contribution in [1.29, 1.82) is 0 Å².